The molecule has 3 rings (SSSR count). The zero-order valence-corrected chi connectivity index (χ0v) is 15.4. The molecule has 0 aromatic heterocycles. The standard InChI is InChI=1S/C21H23NO4/c1-13-10-14(2)18(15(3)11-13)17-12-21(26-22-17,20(24)25-4)19(23)16-8-6-5-7-9-16/h5-11,19,23H,12H2,1-4H3/t19-,21-/m0/s1. The summed E-state index contributed by atoms with van der Waals surface area (Å²) in [6.45, 7) is 6.04. The molecule has 0 saturated heterocycles. The summed E-state index contributed by atoms with van der Waals surface area (Å²) in [5.41, 5.74) is 3.84. The Labute approximate surface area is 153 Å². The maximum atomic E-state index is 12.6. The van der Waals surface area contributed by atoms with Crippen molar-refractivity contribution < 1.29 is 19.5 Å². The molecule has 0 saturated carbocycles. The number of aliphatic hydroxyl groups is 1. The van der Waals surface area contributed by atoms with E-state index in [0.717, 1.165) is 22.3 Å². The Bertz CT molecular complexity index is 837. The van der Waals surface area contributed by atoms with Gasteiger partial charge in [0.15, 0.2) is 0 Å². The minimum atomic E-state index is -1.59. The highest BCUT2D eigenvalue weighted by atomic mass is 16.7. The van der Waals surface area contributed by atoms with E-state index in [2.05, 4.69) is 17.3 Å². The molecule has 1 heterocycles. The molecule has 26 heavy (non-hydrogen) atoms. The van der Waals surface area contributed by atoms with Crippen molar-refractivity contribution in [3.63, 3.8) is 0 Å². The molecule has 2 aromatic rings. The Hall–Kier alpha value is -2.66. The molecule has 0 amide bonds. The number of carbonyl (C=O) groups is 1. The number of oxime groups is 1. The lowest BCUT2D eigenvalue weighted by Crippen LogP contribution is -2.46. The molecule has 2 aromatic carbocycles. The number of ether oxygens (including phenoxy) is 1. The predicted molar refractivity (Wildman–Crippen MR) is 99.0 cm³/mol. The maximum Gasteiger partial charge on any atom is 0.356 e. The number of carbonyl (C=O) groups excluding carboxylic acids is 1. The minimum absolute atomic E-state index is 0.139. The molecule has 2 atom stereocenters. The van der Waals surface area contributed by atoms with Crippen molar-refractivity contribution in [2.24, 2.45) is 5.16 Å². The van der Waals surface area contributed by atoms with Gasteiger partial charge < -0.3 is 14.7 Å². The monoisotopic (exact) mass is 353 g/mol. The lowest BCUT2D eigenvalue weighted by molar-refractivity contribution is -0.182. The molecule has 1 aliphatic rings. The average Bonchev–Trinajstić information content (AvgIpc) is 3.06. The van der Waals surface area contributed by atoms with Gasteiger partial charge in [0.1, 0.15) is 6.10 Å². The van der Waals surface area contributed by atoms with Gasteiger partial charge in [-0.25, -0.2) is 4.79 Å². The number of aliphatic hydroxyl groups excluding tert-OH is 1. The number of hydrogen-bond acceptors (Lipinski definition) is 5. The SMILES string of the molecule is COC(=O)[C@@]1([C@@H](O)c2ccccc2)CC(c2c(C)cc(C)cc2C)=NO1. The Morgan fingerprint density at radius 1 is 1.19 bits per heavy atom. The topological polar surface area (TPSA) is 68.1 Å². The lowest BCUT2D eigenvalue weighted by atomic mass is 9.83. The molecule has 136 valence electrons. The number of aryl methyl sites for hydroxylation is 3. The lowest BCUT2D eigenvalue weighted by Gasteiger charge is -2.29. The van der Waals surface area contributed by atoms with Crippen molar-refractivity contribution >= 4 is 11.7 Å². The van der Waals surface area contributed by atoms with Gasteiger partial charge in [0.05, 0.1) is 19.2 Å². The van der Waals surface area contributed by atoms with Crippen molar-refractivity contribution in [2.75, 3.05) is 7.11 Å². The summed E-state index contributed by atoms with van der Waals surface area (Å²) in [4.78, 5) is 18.2. The largest absolute Gasteiger partial charge is 0.466 e. The second kappa shape index (κ2) is 6.92. The second-order valence-corrected chi connectivity index (χ2v) is 6.77. The third-order valence-corrected chi connectivity index (χ3v) is 4.80. The molecule has 5 heteroatoms. The first-order valence-corrected chi connectivity index (χ1v) is 8.53. The van der Waals surface area contributed by atoms with Gasteiger partial charge in [-0.05, 0) is 37.5 Å². The summed E-state index contributed by atoms with van der Waals surface area (Å²) >= 11 is 0. The van der Waals surface area contributed by atoms with E-state index in [9.17, 15) is 9.90 Å². The van der Waals surface area contributed by atoms with Gasteiger partial charge in [-0.15, -0.1) is 0 Å². The van der Waals surface area contributed by atoms with Crippen LogP contribution in [0.2, 0.25) is 0 Å². The number of esters is 1. The van der Waals surface area contributed by atoms with Gasteiger partial charge in [-0.3, -0.25) is 0 Å². The minimum Gasteiger partial charge on any atom is -0.466 e. The van der Waals surface area contributed by atoms with E-state index in [-0.39, 0.29) is 6.42 Å². The first-order chi connectivity index (χ1) is 12.4. The van der Waals surface area contributed by atoms with Crippen LogP contribution in [0.15, 0.2) is 47.6 Å². The van der Waals surface area contributed by atoms with E-state index in [1.165, 1.54) is 7.11 Å². The fourth-order valence-corrected chi connectivity index (χ4v) is 3.66. The van der Waals surface area contributed by atoms with Gasteiger partial charge in [0.2, 0.25) is 0 Å². The van der Waals surface area contributed by atoms with Crippen LogP contribution in [0.3, 0.4) is 0 Å². The molecule has 5 nitrogen and oxygen atoms in total. The molecule has 0 radical (unpaired) electrons. The molecule has 0 spiro atoms. The quantitative estimate of drug-likeness (QED) is 0.856. The average molecular weight is 353 g/mol. The Kier molecular flexibility index (Phi) is 4.83. The Morgan fingerprint density at radius 3 is 2.38 bits per heavy atom. The van der Waals surface area contributed by atoms with Crippen LogP contribution in [0, 0.1) is 20.8 Å². The van der Waals surface area contributed by atoms with Gasteiger partial charge in [-0.1, -0.05) is 53.2 Å². The number of benzene rings is 2. The molecular weight excluding hydrogens is 330 g/mol. The Morgan fingerprint density at radius 2 is 1.81 bits per heavy atom. The summed E-state index contributed by atoms with van der Waals surface area (Å²) in [6, 6.07) is 13.1. The van der Waals surface area contributed by atoms with Crippen LogP contribution in [-0.4, -0.2) is 29.5 Å². The third-order valence-electron chi connectivity index (χ3n) is 4.80. The van der Waals surface area contributed by atoms with Gasteiger partial charge in [0, 0.05) is 5.56 Å². The van der Waals surface area contributed by atoms with Crippen LogP contribution in [0.25, 0.3) is 0 Å². The fraction of sp³-hybridized carbons (Fsp3) is 0.333. The van der Waals surface area contributed by atoms with E-state index in [1.54, 1.807) is 24.3 Å². The summed E-state index contributed by atoms with van der Waals surface area (Å²) < 4.78 is 4.95. The van der Waals surface area contributed by atoms with Crippen molar-refractivity contribution in [3.05, 3.63) is 70.3 Å². The highest BCUT2D eigenvalue weighted by Gasteiger charge is 2.54. The van der Waals surface area contributed by atoms with E-state index in [0.29, 0.717) is 11.3 Å². The molecule has 0 bridgehead atoms. The van der Waals surface area contributed by atoms with Crippen molar-refractivity contribution in [1.29, 1.82) is 0 Å². The van der Waals surface area contributed by atoms with Gasteiger partial charge in [0.25, 0.3) is 5.60 Å². The summed E-state index contributed by atoms with van der Waals surface area (Å²) in [7, 11) is 1.28. The molecule has 0 aliphatic carbocycles. The van der Waals surface area contributed by atoms with E-state index < -0.39 is 17.7 Å². The van der Waals surface area contributed by atoms with E-state index >= 15 is 0 Å². The molecule has 1 aliphatic heterocycles. The first kappa shape index (κ1) is 18.1. The van der Waals surface area contributed by atoms with E-state index in [1.807, 2.05) is 26.8 Å². The third kappa shape index (κ3) is 2.99. The van der Waals surface area contributed by atoms with E-state index in [4.69, 9.17) is 9.57 Å². The zero-order chi connectivity index (χ0) is 18.9. The fourth-order valence-electron chi connectivity index (χ4n) is 3.66. The number of nitrogens with zero attached hydrogens (tertiary/aromatic N) is 1. The van der Waals surface area contributed by atoms with Crippen LogP contribution >= 0.6 is 0 Å². The first-order valence-electron chi connectivity index (χ1n) is 8.53. The maximum absolute atomic E-state index is 12.6. The van der Waals surface area contributed by atoms with Crippen molar-refractivity contribution in [1.82, 2.24) is 0 Å². The highest BCUT2D eigenvalue weighted by Crippen LogP contribution is 2.40. The van der Waals surface area contributed by atoms with Crippen molar-refractivity contribution in [3.8, 4) is 0 Å². The molecule has 0 fully saturated rings. The predicted octanol–water partition coefficient (Wildman–Crippen LogP) is 3.38. The summed E-state index contributed by atoms with van der Waals surface area (Å²) in [5.74, 6) is -0.643. The van der Waals surface area contributed by atoms with Crippen molar-refractivity contribution in [2.45, 2.75) is 38.9 Å². The molecule has 1 N–H and O–H groups in total. The molecule has 0 unspecified atom stereocenters. The number of methoxy groups -OCH3 is 1. The van der Waals surface area contributed by atoms with Crippen LogP contribution in [0.1, 0.15) is 40.3 Å². The highest BCUT2D eigenvalue weighted by molar-refractivity contribution is 6.07. The van der Waals surface area contributed by atoms with Crippen LogP contribution in [0.5, 0.6) is 0 Å². The summed E-state index contributed by atoms with van der Waals surface area (Å²) in [6.07, 6.45) is -1.05. The van der Waals surface area contributed by atoms with Gasteiger partial charge in [-0.2, -0.15) is 0 Å². The van der Waals surface area contributed by atoms with Crippen LogP contribution < -0.4 is 0 Å². The number of hydrogen-bond donors (Lipinski definition) is 1. The van der Waals surface area contributed by atoms with Crippen LogP contribution in [0.4, 0.5) is 0 Å². The number of rotatable bonds is 4. The summed E-state index contributed by atoms with van der Waals surface area (Å²) in [5, 5.41) is 15.1. The zero-order valence-electron chi connectivity index (χ0n) is 15.4. The Balaban J connectivity index is 2.00. The molecular formula is C21H23NO4. The smallest absolute Gasteiger partial charge is 0.356 e. The van der Waals surface area contributed by atoms with Gasteiger partial charge >= 0.3 is 5.97 Å². The normalized spacial score (nSPS) is 20.3. The van der Waals surface area contributed by atoms with Crippen LogP contribution in [-0.2, 0) is 14.4 Å². The second-order valence-electron chi connectivity index (χ2n) is 6.77.